The Bertz CT molecular complexity index is 725. The van der Waals surface area contributed by atoms with Gasteiger partial charge in [0.25, 0.3) is 0 Å². The molecule has 2 N–H and O–H groups in total. The summed E-state index contributed by atoms with van der Waals surface area (Å²) >= 11 is 3.99. The minimum atomic E-state index is 0.202. The maximum atomic E-state index is 5.24. The molecule has 0 saturated carbocycles. The minimum Gasteiger partial charge on any atom is -0.497 e. The maximum absolute atomic E-state index is 5.24. The van der Waals surface area contributed by atoms with Gasteiger partial charge >= 0.3 is 0 Å². The van der Waals surface area contributed by atoms with Crippen molar-refractivity contribution in [3.05, 3.63) is 59.7 Å². The van der Waals surface area contributed by atoms with E-state index in [2.05, 4.69) is 62.6 Å². The molecule has 0 saturated heterocycles. The maximum Gasteiger partial charge on any atom is 0.118 e. The Labute approximate surface area is 210 Å². The summed E-state index contributed by atoms with van der Waals surface area (Å²) in [7, 11) is 3.41. The first-order valence-electron chi connectivity index (χ1n) is 11.7. The molecule has 2 rings (SSSR count). The van der Waals surface area contributed by atoms with Crippen LogP contribution in [-0.4, -0.2) is 49.9 Å². The van der Waals surface area contributed by atoms with Crippen molar-refractivity contribution < 1.29 is 9.47 Å². The van der Waals surface area contributed by atoms with Crippen molar-refractivity contribution >= 4 is 23.5 Å². The molecule has 0 atom stereocenters. The molecule has 0 aliphatic heterocycles. The normalized spacial score (nSPS) is 12.1. The van der Waals surface area contributed by atoms with Crippen LogP contribution in [0.1, 0.15) is 45.2 Å². The second-order valence-electron chi connectivity index (χ2n) is 9.50. The van der Waals surface area contributed by atoms with E-state index in [-0.39, 0.29) is 9.49 Å². The third-order valence-corrected chi connectivity index (χ3v) is 8.19. The number of ether oxygens (including phenoxy) is 2. The van der Waals surface area contributed by atoms with Crippen LogP contribution in [0, 0.1) is 0 Å². The van der Waals surface area contributed by atoms with Crippen molar-refractivity contribution in [1.82, 2.24) is 10.6 Å². The van der Waals surface area contributed by atoms with Gasteiger partial charge in [0.05, 0.1) is 14.2 Å². The Morgan fingerprint density at radius 1 is 0.636 bits per heavy atom. The third-order valence-electron chi connectivity index (χ3n) is 5.39. The molecule has 0 amide bonds. The van der Waals surface area contributed by atoms with Crippen LogP contribution in [0.25, 0.3) is 0 Å². The summed E-state index contributed by atoms with van der Waals surface area (Å²) in [5.74, 6) is 3.86. The second-order valence-corrected chi connectivity index (χ2v) is 12.9. The zero-order valence-electron chi connectivity index (χ0n) is 21.2. The first-order chi connectivity index (χ1) is 15.7. The molecule has 2 aromatic carbocycles. The smallest absolute Gasteiger partial charge is 0.118 e. The van der Waals surface area contributed by atoms with E-state index >= 15 is 0 Å². The summed E-state index contributed by atoms with van der Waals surface area (Å²) in [4.78, 5) is 0. The third kappa shape index (κ3) is 11.6. The zero-order chi connectivity index (χ0) is 24.2. The summed E-state index contributed by atoms with van der Waals surface area (Å²) in [6, 6.07) is 16.7. The molecule has 0 aliphatic rings. The van der Waals surface area contributed by atoms with Crippen LogP contribution in [0.2, 0.25) is 0 Å². The molecule has 0 aliphatic carbocycles. The average Bonchev–Trinajstić information content (AvgIpc) is 2.81. The number of methoxy groups -OCH3 is 2. The Balaban J connectivity index is 1.54. The summed E-state index contributed by atoms with van der Waals surface area (Å²) in [5, 5.41) is 7.28. The summed E-state index contributed by atoms with van der Waals surface area (Å²) in [6.07, 6.45) is 1.14. The van der Waals surface area contributed by atoms with Crippen molar-refractivity contribution in [3.63, 3.8) is 0 Å². The van der Waals surface area contributed by atoms with Gasteiger partial charge in [-0.15, -0.1) is 23.5 Å². The average molecular weight is 491 g/mol. The largest absolute Gasteiger partial charge is 0.497 e. The Morgan fingerprint density at radius 3 is 1.33 bits per heavy atom. The SMILES string of the molecule is COc1ccc(CSC(C)(C)CNCCCNCC(C)(C)SCc2ccc(OC)cc2)cc1. The van der Waals surface area contributed by atoms with Crippen LogP contribution in [0.15, 0.2) is 48.5 Å². The lowest BCUT2D eigenvalue weighted by atomic mass is 10.2. The van der Waals surface area contributed by atoms with Crippen molar-refractivity contribution in [2.75, 3.05) is 40.4 Å². The van der Waals surface area contributed by atoms with Crippen molar-refractivity contribution in [2.45, 2.75) is 55.1 Å². The highest BCUT2D eigenvalue weighted by atomic mass is 32.2. The molecule has 0 bridgehead atoms. The van der Waals surface area contributed by atoms with E-state index in [1.54, 1.807) is 14.2 Å². The van der Waals surface area contributed by atoms with Gasteiger partial charge in [0, 0.05) is 34.1 Å². The summed E-state index contributed by atoms with van der Waals surface area (Å²) in [5.41, 5.74) is 2.68. The fourth-order valence-corrected chi connectivity index (χ4v) is 5.13. The molecule has 2 aromatic rings. The number of hydrogen-bond donors (Lipinski definition) is 2. The Kier molecular flexibility index (Phi) is 12.0. The molecule has 184 valence electrons. The van der Waals surface area contributed by atoms with Crippen LogP contribution in [0.4, 0.5) is 0 Å². The number of benzene rings is 2. The first kappa shape index (κ1) is 27.9. The highest BCUT2D eigenvalue weighted by molar-refractivity contribution is 8.00. The molecular weight excluding hydrogens is 448 g/mol. The second kappa shape index (κ2) is 14.1. The zero-order valence-corrected chi connectivity index (χ0v) is 22.8. The van der Waals surface area contributed by atoms with E-state index in [4.69, 9.17) is 9.47 Å². The minimum absolute atomic E-state index is 0.202. The van der Waals surface area contributed by atoms with Crippen LogP contribution in [0.5, 0.6) is 11.5 Å². The monoisotopic (exact) mass is 490 g/mol. The van der Waals surface area contributed by atoms with Crippen LogP contribution in [0.3, 0.4) is 0 Å². The highest BCUT2D eigenvalue weighted by Gasteiger charge is 2.19. The predicted octanol–water partition coefficient (Wildman–Crippen LogP) is 6.00. The van der Waals surface area contributed by atoms with Gasteiger partial charge in [-0.2, -0.15) is 0 Å². The highest BCUT2D eigenvalue weighted by Crippen LogP contribution is 2.29. The molecule has 0 unspecified atom stereocenters. The van der Waals surface area contributed by atoms with Gasteiger partial charge in [0.2, 0.25) is 0 Å². The van der Waals surface area contributed by atoms with Crippen molar-refractivity contribution in [3.8, 4) is 11.5 Å². The van der Waals surface area contributed by atoms with E-state index in [1.165, 1.54) is 11.1 Å². The van der Waals surface area contributed by atoms with Gasteiger partial charge in [-0.1, -0.05) is 24.3 Å². The molecule has 0 radical (unpaired) electrons. The van der Waals surface area contributed by atoms with Gasteiger partial charge in [0.1, 0.15) is 11.5 Å². The number of nitrogens with one attached hydrogen (secondary N) is 2. The molecule has 33 heavy (non-hydrogen) atoms. The molecule has 0 spiro atoms. The number of rotatable bonds is 16. The molecule has 0 heterocycles. The lowest BCUT2D eigenvalue weighted by Gasteiger charge is -2.26. The Hall–Kier alpha value is -1.34. The van der Waals surface area contributed by atoms with Gasteiger partial charge < -0.3 is 20.1 Å². The van der Waals surface area contributed by atoms with Gasteiger partial charge in [-0.05, 0) is 82.6 Å². The topological polar surface area (TPSA) is 42.5 Å². The fourth-order valence-electron chi connectivity index (χ4n) is 3.22. The lowest BCUT2D eigenvalue weighted by molar-refractivity contribution is 0.414. The first-order valence-corrected chi connectivity index (χ1v) is 13.7. The van der Waals surface area contributed by atoms with E-state index in [0.29, 0.717) is 0 Å². The van der Waals surface area contributed by atoms with Crippen molar-refractivity contribution in [1.29, 1.82) is 0 Å². The van der Waals surface area contributed by atoms with Gasteiger partial charge in [-0.3, -0.25) is 0 Å². The molecule has 0 aromatic heterocycles. The van der Waals surface area contributed by atoms with Crippen LogP contribution < -0.4 is 20.1 Å². The summed E-state index contributed by atoms with van der Waals surface area (Å²) < 4.78 is 10.9. The molecule has 4 nitrogen and oxygen atoms in total. The lowest BCUT2D eigenvalue weighted by Crippen LogP contribution is -2.36. The van der Waals surface area contributed by atoms with Gasteiger partial charge in [-0.25, -0.2) is 0 Å². The van der Waals surface area contributed by atoms with Crippen molar-refractivity contribution in [2.24, 2.45) is 0 Å². The van der Waals surface area contributed by atoms with E-state index in [1.807, 2.05) is 47.8 Å². The van der Waals surface area contributed by atoms with Crippen LogP contribution in [-0.2, 0) is 11.5 Å². The summed E-state index contributed by atoms with van der Waals surface area (Å²) in [6.45, 7) is 13.4. The standard InChI is InChI=1S/C27H42N2O2S2/c1-26(2,32-18-22-8-12-24(30-5)13-9-22)20-28-16-7-17-29-21-27(3,4)33-19-23-10-14-25(31-6)15-11-23/h8-15,28-29H,7,16-21H2,1-6H3. The molecular formula is C27H42N2O2S2. The Morgan fingerprint density at radius 2 is 1.00 bits per heavy atom. The fraction of sp³-hybridized carbons (Fsp3) is 0.556. The van der Waals surface area contributed by atoms with Gasteiger partial charge in [0.15, 0.2) is 0 Å². The number of thioether (sulfide) groups is 2. The van der Waals surface area contributed by atoms with E-state index in [0.717, 1.165) is 55.6 Å². The van der Waals surface area contributed by atoms with Crippen LogP contribution >= 0.6 is 23.5 Å². The quantitative estimate of drug-likeness (QED) is 0.282. The molecule has 6 heteroatoms. The van der Waals surface area contributed by atoms with E-state index in [9.17, 15) is 0 Å². The predicted molar refractivity (Wildman–Crippen MR) is 147 cm³/mol. The molecule has 0 fully saturated rings. The number of hydrogen-bond acceptors (Lipinski definition) is 6. The van der Waals surface area contributed by atoms with E-state index < -0.39 is 0 Å².